The molecule has 186 valence electrons. The van der Waals surface area contributed by atoms with Crippen LogP contribution in [0.5, 0.6) is 0 Å². The van der Waals surface area contributed by atoms with Crippen LogP contribution in [0.4, 0.5) is 0 Å². The summed E-state index contributed by atoms with van der Waals surface area (Å²) in [6.45, 7) is 15.0. The maximum atomic E-state index is 11.8. The summed E-state index contributed by atoms with van der Waals surface area (Å²) in [6, 6.07) is 0. The third-order valence-corrected chi connectivity index (χ3v) is 5.58. The van der Waals surface area contributed by atoms with E-state index in [9.17, 15) is 14.4 Å². The average Bonchev–Trinajstić information content (AvgIpc) is 2.83. The van der Waals surface area contributed by atoms with Crippen molar-refractivity contribution in [2.24, 2.45) is 5.41 Å². The van der Waals surface area contributed by atoms with Crippen molar-refractivity contribution in [3.63, 3.8) is 0 Å². The molecule has 1 atom stereocenters. The number of rotatable bonds is 22. The molecule has 0 aliphatic rings. The Morgan fingerprint density at radius 1 is 0.576 bits per heavy atom. The van der Waals surface area contributed by atoms with Crippen LogP contribution in [0.15, 0.2) is 50.6 Å². The summed E-state index contributed by atoms with van der Waals surface area (Å²) in [4.78, 5) is 34.3. The van der Waals surface area contributed by atoms with Gasteiger partial charge >= 0.3 is 17.9 Å². The first kappa shape index (κ1) is 30.4. The van der Waals surface area contributed by atoms with E-state index in [0.717, 1.165) is 82.8 Å². The number of esters is 3. The van der Waals surface area contributed by atoms with Crippen molar-refractivity contribution in [1.29, 1.82) is 0 Å². The molecule has 0 fully saturated rings. The molecule has 0 aliphatic carbocycles. The highest BCUT2D eigenvalue weighted by Crippen LogP contribution is 2.37. The summed E-state index contributed by atoms with van der Waals surface area (Å²) in [6.07, 6.45) is 16.7. The number of unbranched alkanes of at least 4 members (excludes halogenated alkanes) is 6. The average molecular weight is 463 g/mol. The fourth-order valence-electron chi connectivity index (χ4n) is 3.71. The van der Waals surface area contributed by atoms with Crippen molar-refractivity contribution in [1.82, 2.24) is 0 Å². The van der Waals surface area contributed by atoms with E-state index in [2.05, 4.69) is 26.3 Å². The van der Waals surface area contributed by atoms with Crippen LogP contribution in [-0.4, -0.2) is 37.7 Å². The van der Waals surface area contributed by atoms with Gasteiger partial charge in [-0.25, -0.2) is 14.4 Å². The predicted octanol–water partition coefficient (Wildman–Crippen LogP) is 6.03. The Bertz CT molecular complexity index is 624. The second-order valence-electron chi connectivity index (χ2n) is 8.21. The number of hydrogen-bond donors (Lipinski definition) is 0. The van der Waals surface area contributed by atoms with Crippen molar-refractivity contribution in [2.45, 2.75) is 77.0 Å². The maximum Gasteiger partial charge on any atom is 0.330 e. The minimum absolute atomic E-state index is 0.199. The molecule has 1 unspecified atom stereocenters. The molecule has 0 spiro atoms. The first-order chi connectivity index (χ1) is 15.9. The molecule has 0 bridgehead atoms. The molecule has 0 heterocycles. The van der Waals surface area contributed by atoms with Crippen LogP contribution < -0.4 is 0 Å². The number of ether oxygens (including phenoxy) is 3. The molecule has 6 heteroatoms. The molecule has 33 heavy (non-hydrogen) atoms. The summed E-state index contributed by atoms with van der Waals surface area (Å²) >= 11 is 0. The standard InChI is InChI=1S/C27H42O6/c1-5-9-10-11-12-14-18-27(23-33-26(30)8-4,20-17-22-32-25(29)7-3)19-15-13-16-21-31-24(28)6-2/h5-8H,1-4,9-23H2. The highest BCUT2D eigenvalue weighted by molar-refractivity contribution is 5.81. The van der Waals surface area contributed by atoms with Gasteiger partial charge in [-0.3, -0.25) is 0 Å². The van der Waals surface area contributed by atoms with Gasteiger partial charge in [-0.05, 0) is 44.9 Å². The number of carbonyl (C=O) groups excluding carboxylic acids is 3. The quantitative estimate of drug-likeness (QED) is 0.0643. The lowest BCUT2D eigenvalue weighted by Gasteiger charge is -2.34. The smallest absolute Gasteiger partial charge is 0.330 e. The topological polar surface area (TPSA) is 78.9 Å². The van der Waals surface area contributed by atoms with Gasteiger partial charge in [0.1, 0.15) is 0 Å². The Kier molecular flexibility index (Phi) is 18.4. The maximum absolute atomic E-state index is 11.8. The van der Waals surface area contributed by atoms with Gasteiger partial charge < -0.3 is 14.2 Å². The molecule has 0 N–H and O–H groups in total. The lowest BCUT2D eigenvalue weighted by Crippen LogP contribution is -2.29. The molecule has 0 aromatic rings. The van der Waals surface area contributed by atoms with Gasteiger partial charge in [0.05, 0.1) is 19.8 Å². The normalized spacial score (nSPS) is 12.1. The summed E-state index contributed by atoms with van der Waals surface area (Å²) in [5.74, 6) is -1.28. The van der Waals surface area contributed by atoms with Gasteiger partial charge in [-0.15, -0.1) is 6.58 Å². The summed E-state index contributed by atoms with van der Waals surface area (Å²) in [5.41, 5.74) is -0.199. The lowest BCUT2D eigenvalue weighted by atomic mass is 9.75. The van der Waals surface area contributed by atoms with Crippen molar-refractivity contribution in [3.8, 4) is 0 Å². The monoisotopic (exact) mass is 462 g/mol. The minimum atomic E-state index is -0.435. The van der Waals surface area contributed by atoms with Crippen molar-refractivity contribution in [3.05, 3.63) is 50.6 Å². The van der Waals surface area contributed by atoms with E-state index in [4.69, 9.17) is 14.2 Å². The highest BCUT2D eigenvalue weighted by Gasteiger charge is 2.30. The lowest BCUT2D eigenvalue weighted by molar-refractivity contribution is -0.142. The molecule has 0 radical (unpaired) electrons. The third kappa shape index (κ3) is 16.6. The summed E-state index contributed by atoms with van der Waals surface area (Å²) < 4.78 is 15.7. The Balaban J connectivity index is 4.97. The second-order valence-corrected chi connectivity index (χ2v) is 8.21. The van der Waals surface area contributed by atoms with Crippen molar-refractivity contribution < 1.29 is 28.6 Å². The SMILES string of the molecule is C=CCCCCCCC(CCCCCOC(=O)C=C)(CCCOC(=O)C=C)COC(=O)C=C. The van der Waals surface area contributed by atoms with Crippen LogP contribution in [0.1, 0.15) is 77.0 Å². The fraction of sp³-hybridized carbons (Fsp3) is 0.593. The van der Waals surface area contributed by atoms with Gasteiger partial charge in [-0.2, -0.15) is 0 Å². The third-order valence-electron chi connectivity index (χ3n) is 5.58. The van der Waals surface area contributed by atoms with Crippen LogP contribution in [0, 0.1) is 5.41 Å². The first-order valence-corrected chi connectivity index (χ1v) is 11.9. The zero-order valence-corrected chi connectivity index (χ0v) is 20.2. The van der Waals surface area contributed by atoms with E-state index in [1.807, 2.05) is 6.08 Å². The highest BCUT2D eigenvalue weighted by atomic mass is 16.5. The molecule has 0 amide bonds. The fourth-order valence-corrected chi connectivity index (χ4v) is 3.71. The molecule has 0 aromatic carbocycles. The van der Waals surface area contributed by atoms with Crippen LogP contribution in [0.25, 0.3) is 0 Å². The molecule has 0 saturated carbocycles. The van der Waals surface area contributed by atoms with Gasteiger partial charge in [0.2, 0.25) is 0 Å². The minimum Gasteiger partial charge on any atom is -0.463 e. The van der Waals surface area contributed by atoms with Gasteiger partial charge in [0.25, 0.3) is 0 Å². The predicted molar refractivity (Wildman–Crippen MR) is 132 cm³/mol. The Labute approximate surface area is 199 Å². The van der Waals surface area contributed by atoms with E-state index < -0.39 is 17.9 Å². The van der Waals surface area contributed by atoms with Crippen LogP contribution in [-0.2, 0) is 28.6 Å². The largest absolute Gasteiger partial charge is 0.463 e. The summed E-state index contributed by atoms with van der Waals surface area (Å²) in [5, 5.41) is 0. The van der Waals surface area contributed by atoms with Gasteiger partial charge in [0, 0.05) is 23.6 Å². The van der Waals surface area contributed by atoms with Crippen LogP contribution in [0.3, 0.4) is 0 Å². The van der Waals surface area contributed by atoms with E-state index in [1.54, 1.807) is 0 Å². The Hall–Kier alpha value is -2.63. The zero-order chi connectivity index (χ0) is 24.8. The van der Waals surface area contributed by atoms with Gasteiger partial charge in [0.15, 0.2) is 0 Å². The van der Waals surface area contributed by atoms with E-state index in [1.165, 1.54) is 6.08 Å². The zero-order valence-electron chi connectivity index (χ0n) is 20.2. The summed E-state index contributed by atoms with van der Waals surface area (Å²) in [7, 11) is 0. The van der Waals surface area contributed by atoms with E-state index in [0.29, 0.717) is 26.2 Å². The van der Waals surface area contributed by atoms with E-state index >= 15 is 0 Å². The van der Waals surface area contributed by atoms with Gasteiger partial charge in [-0.1, -0.05) is 57.9 Å². The molecule has 0 saturated heterocycles. The molecular formula is C27H42O6. The first-order valence-electron chi connectivity index (χ1n) is 11.9. The molecule has 6 nitrogen and oxygen atoms in total. The molecule has 0 aliphatic heterocycles. The van der Waals surface area contributed by atoms with Crippen molar-refractivity contribution in [2.75, 3.05) is 19.8 Å². The number of carbonyl (C=O) groups is 3. The Morgan fingerprint density at radius 3 is 1.58 bits per heavy atom. The van der Waals surface area contributed by atoms with Crippen molar-refractivity contribution >= 4 is 17.9 Å². The molecular weight excluding hydrogens is 420 g/mol. The van der Waals surface area contributed by atoms with Crippen LogP contribution >= 0.6 is 0 Å². The number of allylic oxidation sites excluding steroid dienone is 1. The molecule has 0 rings (SSSR count). The van der Waals surface area contributed by atoms with Crippen LogP contribution in [0.2, 0.25) is 0 Å². The molecule has 0 aromatic heterocycles. The Morgan fingerprint density at radius 2 is 1.03 bits per heavy atom. The second kappa shape index (κ2) is 20.0. The van der Waals surface area contributed by atoms with E-state index in [-0.39, 0.29) is 5.41 Å². The number of hydrogen-bond acceptors (Lipinski definition) is 6.